The minimum Gasteiger partial charge on any atom is -0.508 e. The van der Waals surface area contributed by atoms with Crippen molar-refractivity contribution in [2.24, 2.45) is 29.1 Å². The van der Waals surface area contributed by atoms with Crippen molar-refractivity contribution < 1.29 is 20.4 Å². The highest BCUT2D eigenvalue weighted by molar-refractivity contribution is 5.42. The molecule has 0 heterocycles. The van der Waals surface area contributed by atoms with Crippen LogP contribution in [0.1, 0.15) is 44.9 Å². The molecule has 5 aliphatic rings. The van der Waals surface area contributed by atoms with E-state index in [9.17, 15) is 20.4 Å². The predicted octanol–water partition coefficient (Wildman–Crippen LogP) is 4.81. The van der Waals surface area contributed by atoms with Crippen LogP contribution in [0.25, 0.3) is 0 Å². The fourth-order valence-corrected chi connectivity index (χ4v) is 7.17. The molecule has 4 N–H and O–H groups in total. The van der Waals surface area contributed by atoms with Crippen LogP contribution >= 0.6 is 0 Å². The molecule has 6 atom stereocenters. The van der Waals surface area contributed by atoms with Crippen LogP contribution < -0.4 is 0 Å². The molecule has 0 saturated heterocycles. The Morgan fingerprint density at radius 3 is 1.63 bits per heavy atom. The molecule has 0 spiro atoms. The van der Waals surface area contributed by atoms with E-state index in [0.717, 1.165) is 36.8 Å². The minimum absolute atomic E-state index is 0.00491. The van der Waals surface area contributed by atoms with Crippen molar-refractivity contribution in [1.29, 1.82) is 0 Å². The molecule has 0 aliphatic heterocycles. The standard InChI is InChI=1S/C26H32O4/c27-18-6-8-20-16(14-18)4-10-22(29)24(20)26(12-2-1-3-13-26)25-21-9-7-19(28)15-17(21)5-11-23(25)30/h4-9,14-15,20-25,27-30H,1-3,10-13H2/t20-,21?,22?,23+,24?,25+/m1/s1. The monoisotopic (exact) mass is 408 g/mol. The number of fused-ring (bicyclic) bond motifs is 2. The third-order valence-corrected chi connectivity index (χ3v) is 8.25. The second-order valence-electron chi connectivity index (χ2n) is 9.77. The van der Waals surface area contributed by atoms with E-state index in [2.05, 4.69) is 24.3 Å². The van der Waals surface area contributed by atoms with Gasteiger partial charge in [0.15, 0.2) is 0 Å². The summed E-state index contributed by atoms with van der Waals surface area (Å²) in [5.41, 5.74) is 1.99. The quantitative estimate of drug-likeness (QED) is 0.529. The lowest BCUT2D eigenvalue weighted by Gasteiger charge is -2.57. The first-order chi connectivity index (χ1) is 14.5. The topological polar surface area (TPSA) is 80.9 Å². The number of aliphatic hydroxyl groups excluding tert-OH is 4. The SMILES string of the molecule is OC1=CC2=CC[C@H](O)[C@@H](C3(C4C(O)CC=C5C=C(O)C=C[C@H]54)CCCCC3)C2C=C1. The fourth-order valence-electron chi connectivity index (χ4n) is 7.17. The lowest BCUT2D eigenvalue weighted by atomic mass is 9.48. The summed E-state index contributed by atoms with van der Waals surface area (Å²) in [5.74, 6) is 0.658. The average Bonchev–Trinajstić information content (AvgIpc) is 2.74. The Morgan fingerprint density at radius 1 is 0.700 bits per heavy atom. The average molecular weight is 409 g/mol. The van der Waals surface area contributed by atoms with Gasteiger partial charge in [0.05, 0.1) is 12.2 Å². The van der Waals surface area contributed by atoms with Gasteiger partial charge in [0.25, 0.3) is 0 Å². The van der Waals surface area contributed by atoms with E-state index in [1.807, 2.05) is 12.2 Å². The first kappa shape index (κ1) is 19.9. The molecule has 1 fully saturated rings. The molecule has 1 saturated carbocycles. The van der Waals surface area contributed by atoms with Gasteiger partial charge in [0, 0.05) is 23.7 Å². The van der Waals surface area contributed by atoms with Crippen LogP contribution in [0.2, 0.25) is 0 Å². The van der Waals surface area contributed by atoms with Crippen molar-refractivity contribution in [2.75, 3.05) is 0 Å². The molecule has 0 aromatic heterocycles. The predicted molar refractivity (Wildman–Crippen MR) is 117 cm³/mol. The van der Waals surface area contributed by atoms with Crippen LogP contribution in [0.4, 0.5) is 0 Å². The summed E-state index contributed by atoms with van der Waals surface area (Å²) in [7, 11) is 0. The molecule has 0 aromatic carbocycles. The number of aliphatic hydroxyl groups is 4. The second kappa shape index (κ2) is 7.58. The Bertz CT molecular complexity index is 815. The molecule has 4 heteroatoms. The van der Waals surface area contributed by atoms with Crippen molar-refractivity contribution >= 4 is 0 Å². The van der Waals surface area contributed by atoms with Gasteiger partial charge < -0.3 is 20.4 Å². The number of hydrogen-bond acceptors (Lipinski definition) is 4. The van der Waals surface area contributed by atoms with Gasteiger partial charge in [-0.25, -0.2) is 0 Å². The zero-order valence-corrected chi connectivity index (χ0v) is 17.3. The Labute approximate surface area is 178 Å². The molecule has 5 rings (SSSR count). The molecule has 5 aliphatic carbocycles. The van der Waals surface area contributed by atoms with Gasteiger partial charge >= 0.3 is 0 Å². The van der Waals surface area contributed by atoms with Crippen LogP contribution in [0.15, 0.2) is 71.3 Å². The van der Waals surface area contributed by atoms with Gasteiger partial charge in [-0.3, -0.25) is 0 Å². The van der Waals surface area contributed by atoms with E-state index >= 15 is 0 Å². The van der Waals surface area contributed by atoms with E-state index in [1.165, 1.54) is 6.42 Å². The Kier molecular flexibility index (Phi) is 5.03. The summed E-state index contributed by atoms with van der Waals surface area (Å²) in [6.07, 6.45) is 21.1. The third kappa shape index (κ3) is 3.12. The summed E-state index contributed by atoms with van der Waals surface area (Å²) in [6, 6.07) is 0. The summed E-state index contributed by atoms with van der Waals surface area (Å²) in [5, 5.41) is 42.7. The summed E-state index contributed by atoms with van der Waals surface area (Å²) >= 11 is 0. The minimum atomic E-state index is -0.465. The maximum atomic E-state index is 11.3. The van der Waals surface area contributed by atoms with Crippen molar-refractivity contribution in [1.82, 2.24) is 0 Å². The Hall–Kier alpha value is -2.04. The molecule has 4 nitrogen and oxygen atoms in total. The van der Waals surface area contributed by atoms with E-state index < -0.39 is 12.2 Å². The van der Waals surface area contributed by atoms with Gasteiger partial charge in [-0.1, -0.05) is 43.6 Å². The van der Waals surface area contributed by atoms with Crippen molar-refractivity contribution in [3.05, 3.63) is 71.3 Å². The second-order valence-corrected chi connectivity index (χ2v) is 9.77. The first-order valence-corrected chi connectivity index (χ1v) is 11.4. The van der Waals surface area contributed by atoms with E-state index in [0.29, 0.717) is 12.8 Å². The van der Waals surface area contributed by atoms with Crippen molar-refractivity contribution in [3.63, 3.8) is 0 Å². The van der Waals surface area contributed by atoms with Gasteiger partial charge in [0.1, 0.15) is 11.5 Å². The smallest absolute Gasteiger partial charge is 0.115 e. The number of allylic oxidation sites excluding steroid dienone is 8. The number of rotatable bonds is 2. The summed E-state index contributed by atoms with van der Waals surface area (Å²) in [6.45, 7) is 0. The normalized spacial score (nSPS) is 39.8. The highest BCUT2D eigenvalue weighted by atomic mass is 16.3. The molecule has 160 valence electrons. The first-order valence-electron chi connectivity index (χ1n) is 11.4. The molecule has 0 aromatic rings. The van der Waals surface area contributed by atoms with Crippen LogP contribution in [-0.2, 0) is 0 Å². The molecule has 3 unspecified atom stereocenters. The zero-order chi connectivity index (χ0) is 20.9. The molecule has 0 bridgehead atoms. The van der Waals surface area contributed by atoms with Gasteiger partial charge in [-0.05, 0) is 66.5 Å². The van der Waals surface area contributed by atoms with E-state index in [4.69, 9.17) is 0 Å². The maximum Gasteiger partial charge on any atom is 0.115 e. The van der Waals surface area contributed by atoms with Crippen LogP contribution in [0, 0.1) is 29.1 Å². The fraction of sp³-hybridized carbons (Fsp3) is 0.538. The van der Waals surface area contributed by atoms with Crippen LogP contribution in [0.3, 0.4) is 0 Å². The lowest BCUT2D eigenvalue weighted by molar-refractivity contribution is -0.110. The van der Waals surface area contributed by atoms with Crippen molar-refractivity contribution in [3.8, 4) is 0 Å². The number of hydrogen-bond donors (Lipinski definition) is 4. The molecular formula is C26H32O4. The highest BCUT2D eigenvalue weighted by Crippen LogP contribution is 2.60. The Morgan fingerprint density at radius 2 is 1.17 bits per heavy atom. The zero-order valence-electron chi connectivity index (χ0n) is 17.3. The van der Waals surface area contributed by atoms with E-state index in [-0.39, 0.29) is 40.6 Å². The maximum absolute atomic E-state index is 11.3. The van der Waals surface area contributed by atoms with Gasteiger partial charge in [0.2, 0.25) is 0 Å². The molecule has 30 heavy (non-hydrogen) atoms. The Balaban J connectivity index is 1.61. The lowest BCUT2D eigenvalue weighted by Crippen LogP contribution is -2.55. The third-order valence-electron chi connectivity index (χ3n) is 8.25. The summed E-state index contributed by atoms with van der Waals surface area (Å²) in [4.78, 5) is 0. The highest BCUT2D eigenvalue weighted by Gasteiger charge is 2.56. The van der Waals surface area contributed by atoms with Crippen LogP contribution in [-0.4, -0.2) is 32.6 Å². The molecule has 0 amide bonds. The van der Waals surface area contributed by atoms with Crippen molar-refractivity contribution in [2.45, 2.75) is 57.2 Å². The van der Waals surface area contributed by atoms with Gasteiger partial charge in [-0.15, -0.1) is 0 Å². The molecular weight excluding hydrogens is 376 g/mol. The largest absolute Gasteiger partial charge is 0.508 e. The molecule has 0 radical (unpaired) electrons. The van der Waals surface area contributed by atoms with Crippen LogP contribution in [0.5, 0.6) is 0 Å². The summed E-state index contributed by atoms with van der Waals surface area (Å²) < 4.78 is 0. The van der Waals surface area contributed by atoms with Gasteiger partial charge in [-0.2, -0.15) is 0 Å². The van der Waals surface area contributed by atoms with E-state index in [1.54, 1.807) is 12.2 Å².